The molecule has 1 atom stereocenters. The lowest BCUT2D eigenvalue weighted by Gasteiger charge is -2.30. The van der Waals surface area contributed by atoms with Gasteiger partial charge in [-0.1, -0.05) is 0 Å². The van der Waals surface area contributed by atoms with Gasteiger partial charge in [-0.05, 0) is 24.6 Å². The van der Waals surface area contributed by atoms with Crippen molar-refractivity contribution in [3.8, 4) is 6.07 Å². The summed E-state index contributed by atoms with van der Waals surface area (Å²) in [5, 5.41) is 12.2. The summed E-state index contributed by atoms with van der Waals surface area (Å²) in [6.45, 7) is 0.686. The fourth-order valence-electron chi connectivity index (χ4n) is 2.11. The molecule has 1 aliphatic rings. The molecule has 5 nitrogen and oxygen atoms in total. The normalized spacial score (nSPS) is 19.4. The third-order valence-corrected chi connectivity index (χ3v) is 3.17. The third kappa shape index (κ3) is 2.54. The number of amides is 1. The minimum atomic E-state index is 0.183. The van der Waals surface area contributed by atoms with Crippen molar-refractivity contribution in [2.45, 2.75) is 18.9 Å². The van der Waals surface area contributed by atoms with Gasteiger partial charge in [0.05, 0.1) is 5.56 Å². The Bertz CT molecular complexity index is 506. The fraction of sp³-hybridized carbons (Fsp3) is 0.385. The predicted octanol–water partition coefficient (Wildman–Crippen LogP) is 1.17. The summed E-state index contributed by atoms with van der Waals surface area (Å²) in [5.41, 5.74) is 7.50. The Labute approximate surface area is 106 Å². The molecule has 3 N–H and O–H groups in total. The molecule has 18 heavy (non-hydrogen) atoms. The van der Waals surface area contributed by atoms with Crippen molar-refractivity contribution in [1.82, 2.24) is 4.90 Å². The van der Waals surface area contributed by atoms with Gasteiger partial charge < -0.3 is 16.0 Å². The summed E-state index contributed by atoms with van der Waals surface area (Å²) < 4.78 is 0. The Hall–Kier alpha value is -2.22. The minimum absolute atomic E-state index is 0.183. The van der Waals surface area contributed by atoms with E-state index in [0.717, 1.165) is 12.1 Å². The van der Waals surface area contributed by atoms with E-state index in [1.165, 1.54) is 0 Å². The number of nitrogen functional groups attached to an aromatic ring is 1. The molecule has 94 valence electrons. The highest BCUT2D eigenvalue weighted by Gasteiger charge is 2.22. The zero-order valence-corrected chi connectivity index (χ0v) is 10.3. The van der Waals surface area contributed by atoms with E-state index in [2.05, 4.69) is 11.4 Å². The number of hydrogen-bond donors (Lipinski definition) is 2. The minimum Gasteiger partial charge on any atom is -0.398 e. The van der Waals surface area contributed by atoms with E-state index < -0.39 is 0 Å². The molecular weight excluding hydrogens is 228 g/mol. The summed E-state index contributed by atoms with van der Waals surface area (Å²) in [6.07, 6.45) is 1.38. The topological polar surface area (TPSA) is 82.2 Å². The number of nitrogens with two attached hydrogens (primary N) is 1. The average molecular weight is 244 g/mol. The van der Waals surface area contributed by atoms with Crippen LogP contribution < -0.4 is 11.1 Å². The molecule has 5 heteroatoms. The van der Waals surface area contributed by atoms with Gasteiger partial charge in [-0.15, -0.1) is 0 Å². The van der Waals surface area contributed by atoms with Crippen LogP contribution in [0.5, 0.6) is 0 Å². The van der Waals surface area contributed by atoms with Crippen molar-refractivity contribution in [2.75, 3.05) is 24.6 Å². The summed E-state index contributed by atoms with van der Waals surface area (Å²) >= 11 is 0. The number of rotatable bonds is 2. The molecule has 0 saturated carbocycles. The Balaban J connectivity index is 2.06. The van der Waals surface area contributed by atoms with Crippen molar-refractivity contribution in [1.29, 1.82) is 5.26 Å². The lowest BCUT2D eigenvalue weighted by atomic mass is 10.0. The van der Waals surface area contributed by atoms with Crippen LogP contribution >= 0.6 is 0 Å². The molecule has 1 aliphatic heterocycles. The van der Waals surface area contributed by atoms with Gasteiger partial charge in [-0.2, -0.15) is 5.26 Å². The van der Waals surface area contributed by atoms with Crippen molar-refractivity contribution in [2.24, 2.45) is 0 Å². The first kappa shape index (κ1) is 12.2. The van der Waals surface area contributed by atoms with E-state index in [1.807, 2.05) is 6.07 Å². The fourth-order valence-corrected chi connectivity index (χ4v) is 2.11. The van der Waals surface area contributed by atoms with E-state index >= 15 is 0 Å². The molecule has 1 amide bonds. The molecule has 0 radical (unpaired) electrons. The predicted molar refractivity (Wildman–Crippen MR) is 69.9 cm³/mol. The largest absolute Gasteiger partial charge is 0.398 e. The molecular formula is C13H16N4O. The van der Waals surface area contributed by atoms with Crippen molar-refractivity contribution >= 4 is 17.3 Å². The number of carbonyl (C=O) groups excluding carboxylic acids is 1. The molecule has 0 aromatic heterocycles. The van der Waals surface area contributed by atoms with Gasteiger partial charge in [0.1, 0.15) is 6.07 Å². The molecule has 0 aliphatic carbocycles. The standard InChI is InChI=1S/C13H16N4O/c1-17-8-11(3-5-13(17)18)16-10-2-4-12(15)9(6-10)7-14/h2,4,6,11,16H,3,5,8,15H2,1H3. The Morgan fingerprint density at radius 1 is 1.56 bits per heavy atom. The molecule has 1 unspecified atom stereocenters. The van der Waals surface area contributed by atoms with Crippen molar-refractivity contribution < 1.29 is 4.79 Å². The molecule has 1 heterocycles. The second-order valence-electron chi connectivity index (χ2n) is 4.57. The van der Waals surface area contributed by atoms with Gasteiger partial charge >= 0.3 is 0 Å². The van der Waals surface area contributed by atoms with Crippen LogP contribution in [0.4, 0.5) is 11.4 Å². The number of anilines is 2. The maximum Gasteiger partial charge on any atom is 0.222 e. The van der Waals surface area contributed by atoms with Crippen LogP contribution in [-0.2, 0) is 4.79 Å². The third-order valence-electron chi connectivity index (χ3n) is 3.17. The van der Waals surface area contributed by atoms with E-state index in [0.29, 0.717) is 24.2 Å². The number of piperidine rings is 1. The molecule has 1 aromatic carbocycles. The Morgan fingerprint density at radius 2 is 2.33 bits per heavy atom. The van der Waals surface area contributed by atoms with Gasteiger partial charge in [0, 0.05) is 37.4 Å². The molecule has 1 aromatic rings. The maximum atomic E-state index is 11.4. The molecule has 1 fully saturated rings. The first-order valence-corrected chi connectivity index (χ1v) is 5.90. The van der Waals surface area contributed by atoms with E-state index in [4.69, 9.17) is 11.0 Å². The highest BCUT2D eigenvalue weighted by atomic mass is 16.2. The number of likely N-dealkylation sites (N-methyl/N-ethyl adjacent to an activating group) is 1. The SMILES string of the molecule is CN1CC(Nc2ccc(N)c(C#N)c2)CCC1=O. The number of likely N-dealkylation sites (tertiary alicyclic amines) is 1. The van der Waals surface area contributed by atoms with E-state index in [-0.39, 0.29) is 11.9 Å². The monoisotopic (exact) mass is 244 g/mol. The number of nitrogens with one attached hydrogen (secondary N) is 1. The van der Waals surface area contributed by atoms with E-state index in [1.54, 1.807) is 24.1 Å². The van der Waals surface area contributed by atoms with Gasteiger partial charge in [-0.25, -0.2) is 0 Å². The quantitative estimate of drug-likeness (QED) is 0.765. The summed E-state index contributed by atoms with van der Waals surface area (Å²) in [5.74, 6) is 0.183. The van der Waals surface area contributed by atoms with Gasteiger partial charge in [0.25, 0.3) is 0 Å². The van der Waals surface area contributed by atoms with Gasteiger partial charge in [-0.3, -0.25) is 4.79 Å². The average Bonchev–Trinajstić information content (AvgIpc) is 2.36. The molecule has 1 saturated heterocycles. The zero-order chi connectivity index (χ0) is 13.1. The second-order valence-corrected chi connectivity index (χ2v) is 4.57. The first-order chi connectivity index (χ1) is 8.60. The zero-order valence-electron chi connectivity index (χ0n) is 10.3. The van der Waals surface area contributed by atoms with Crippen LogP contribution in [0.3, 0.4) is 0 Å². The highest BCUT2D eigenvalue weighted by Crippen LogP contribution is 2.20. The van der Waals surface area contributed by atoms with Gasteiger partial charge in [0.15, 0.2) is 0 Å². The lowest BCUT2D eigenvalue weighted by Crippen LogP contribution is -2.43. The molecule has 0 bridgehead atoms. The Kier molecular flexibility index (Phi) is 3.38. The smallest absolute Gasteiger partial charge is 0.222 e. The lowest BCUT2D eigenvalue weighted by molar-refractivity contribution is -0.132. The Morgan fingerprint density at radius 3 is 3.00 bits per heavy atom. The van der Waals surface area contributed by atoms with Crippen LogP contribution in [0, 0.1) is 11.3 Å². The van der Waals surface area contributed by atoms with Crippen LogP contribution in [0.2, 0.25) is 0 Å². The number of hydrogen-bond acceptors (Lipinski definition) is 4. The molecule has 0 spiro atoms. The molecule has 2 rings (SSSR count). The summed E-state index contributed by atoms with van der Waals surface area (Å²) in [7, 11) is 1.81. The maximum absolute atomic E-state index is 11.4. The van der Waals surface area contributed by atoms with E-state index in [9.17, 15) is 4.79 Å². The summed E-state index contributed by atoms with van der Waals surface area (Å²) in [6, 6.07) is 7.60. The number of nitriles is 1. The summed E-state index contributed by atoms with van der Waals surface area (Å²) in [4.78, 5) is 13.1. The van der Waals surface area contributed by atoms with Crippen molar-refractivity contribution in [3.63, 3.8) is 0 Å². The second kappa shape index (κ2) is 4.96. The highest BCUT2D eigenvalue weighted by molar-refractivity contribution is 5.77. The van der Waals surface area contributed by atoms with Crippen LogP contribution in [0.25, 0.3) is 0 Å². The van der Waals surface area contributed by atoms with Crippen molar-refractivity contribution in [3.05, 3.63) is 23.8 Å². The number of nitrogens with zero attached hydrogens (tertiary/aromatic N) is 2. The number of benzene rings is 1. The van der Waals surface area contributed by atoms with Gasteiger partial charge in [0.2, 0.25) is 5.91 Å². The number of carbonyl (C=O) groups is 1. The van der Waals surface area contributed by atoms with Crippen LogP contribution in [-0.4, -0.2) is 30.4 Å². The van der Waals surface area contributed by atoms with Crippen LogP contribution in [0.1, 0.15) is 18.4 Å². The first-order valence-electron chi connectivity index (χ1n) is 5.90. The van der Waals surface area contributed by atoms with Crippen LogP contribution in [0.15, 0.2) is 18.2 Å².